The van der Waals surface area contributed by atoms with Gasteiger partial charge in [0.2, 0.25) is 0 Å². The highest BCUT2D eigenvalue weighted by atomic mass is 35.5. The van der Waals surface area contributed by atoms with E-state index in [2.05, 4.69) is 4.18 Å². The van der Waals surface area contributed by atoms with Gasteiger partial charge in [-0.1, -0.05) is 23.2 Å². The van der Waals surface area contributed by atoms with Gasteiger partial charge in [-0.05, 0) is 18.2 Å². The van der Waals surface area contributed by atoms with Crippen molar-refractivity contribution in [3.05, 3.63) is 28.2 Å². The number of carbonyl (C=O) groups is 1. The van der Waals surface area contributed by atoms with Crippen LogP contribution in [-0.2, 0) is 20.2 Å². The molecule has 0 radical (unpaired) electrons. The average molecular weight is 266 g/mol. The van der Waals surface area contributed by atoms with Crippen molar-refractivity contribution in [2.75, 3.05) is 10.9 Å². The summed E-state index contributed by atoms with van der Waals surface area (Å²) < 4.78 is 17.0. The third kappa shape index (κ3) is 2.15. The molecule has 80 valence electrons. The van der Waals surface area contributed by atoms with E-state index in [1.54, 1.807) is 0 Å². The van der Waals surface area contributed by atoms with Crippen LogP contribution in [-0.4, -0.2) is 16.7 Å². The van der Waals surface area contributed by atoms with Gasteiger partial charge < -0.3 is 0 Å². The van der Waals surface area contributed by atoms with E-state index in [0.717, 1.165) is 4.31 Å². The fourth-order valence-corrected chi connectivity index (χ4v) is 2.50. The number of amides is 1. The Hall–Kier alpha value is -0.620. The summed E-state index contributed by atoms with van der Waals surface area (Å²) in [4.78, 5) is 11.3. The van der Waals surface area contributed by atoms with Crippen molar-refractivity contribution in [2.45, 2.75) is 0 Å². The lowest BCUT2D eigenvalue weighted by Crippen LogP contribution is -2.25. The Morgan fingerprint density at radius 1 is 1.27 bits per heavy atom. The molecule has 0 N–H and O–H groups in total. The minimum absolute atomic E-state index is 0.198. The maximum absolute atomic E-state index is 11.3. The zero-order valence-electron chi connectivity index (χ0n) is 7.28. The lowest BCUT2D eigenvalue weighted by atomic mass is 10.3. The van der Waals surface area contributed by atoms with Gasteiger partial charge in [0.15, 0.2) is 0 Å². The summed E-state index contributed by atoms with van der Waals surface area (Å²) in [5.74, 6) is -0.383. The molecule has 2 rings (SSSR count). The van der Waals surface area contributed by atoms with E-state index in [-0.39, 0.29) is 12.5 Å². The van der Waals surface area contributed by atoms with Crippen LogP contribution in [0.2, 0.25) is 10.0 Å². The Bertz CT molecular complexity index is 415. The zero-order valence-corrected chi connectivity index (χ0v) is 9.60. The molecule has 1 aliphatic rings. The highest BCUT2D eigenvalue weighted by molar-refractivity contribution is 7.83. The SMILES string of the molecule is O=C1COS(=O)N1c1cc(Cl)cc(Cl)c1. The van der Waals surface area contributed by atoms with Gasteiger partial charge in [0.05, 0.1) is 5.69 Å². The second-order valence-corrected chi connectivity index (χ2v) is 4.70. The number of hydrogen-bond donors (Lipinski definition) is 0. The van der Waals surface area contributed by atoms with Crippen LogP contribution >= 0.6 is 23.2 Å². The van der Waals surface area contributed by atoms with E-state index in [9.17, 15) is 9.00 Å². The molecule has 1 fully saturated rings. The molecule has 1 heterocycles. The van der Waals surface area contributed by atoms with E-state index in [1.807, 2.05) is 0 Å². The predicted molar refractivity (Wildman–Crippen MR) is 58.0 cm³/mol. The molecule has 1 amide bonds. The molecule has 0 saturated carbocycles. The average Bonchev–Trinajstić information content (AvgIpc) is 2.44. The molecule has 4 nitrogen and oxygen atoms in total. The van der Waals surface area contributed by atoms with Crippen LogP contribution in [0, 0.1) is 0 Å². The predicted octanol–water partition coefficient (Wildman–Crippen LogP) is 1.94. The Morgan fingerprint density at radius 3 is 2.33 bits per heavy atom. The van der Waals surface area contributed by atoms with Crippen molar-refractivity contribution in [1.29, 1.82) is 0 Å². The van der Waals surface area contributed by atoms with E-state index >= 15 is 0 Å². The quantitative estimate of drug-likeness (QED) is 0.780. The summed E-state index contributed by atoms with van der Waals surface area (Å²) in [5, 5.41) is 0.739. The first-order valence-corrected chi connectivity index (χ1v) is 5.71. The highest BCUT2D eigenvalue weighted by Gasteiger charge is 2.31. The van der Waals surface area contributed by atoms with Crippen molar-refractivity contribution >= 4 is 46.1 Å². The van der Waals surface area contributed by atoms with Crippen LogP contribution in [0.15, 0.2) is 18.2 Å². The third-order valence-electron chi connectivity index (χ3n) is 1.74. The molecule has 15 heavy (non-hydrogen) atoms. The molecule has 1 unspecified atom stereocenters. The van der Waals surface area contributed by atoms with Crippen LogP contribution in [0.5, 0.6) is 0 Å². The number of anilines is 1. The molecule has 0 aromatic heterocycles. The van der Waals surface area contributed by atoms with Gasteiger partial charge in [0, 0.05) is 10.0 Å². The molecule has 1 saturated heterocycles. The third-order valence-corrected chi connectivity index (χ3v) is 3.21. The first-order chi connectivity index (χ1) is 7.08. The lowest BCUT2D eigenvalue weighted by molar-refractivity contribution is -0.117. The zero-order chi connectivity index (χ0) is 11.0. The molecule has 0 aliphatic carbocycles. The summed E-state index contributed by atoms with van der Waals surface area (Å²) in [5.41, 5.74) is 0.369. The summed E-state index contributed by atoms with van der Waals surface area (Å²) in [6.45, 7) is -0.198. The fraction of sp³-hybridized carbons (Fsp3) is 0.125. The maximum atomic E-state index is 11.3. The van der Waals surface area contributed by atoms with E-state index in [0.29, 0.717) is 15.7 Å². The van der Waals surface area contributed by atoms with E-state index in [4.69, 9.17) is 23.2 Å². The van der Waals surface area contributed by atoms with E-state index in [1.165, 1.54) is 18.2 Å². The smallest absolute Gasteiger partial charge is 0.271 e. The van der Waals surface area contributed by atoms with Gasteiger partial charge in [-0.15, -0.1) is 0 Å². The van der Waals surface area contributed by atoms with Crippen LogP contribution in [0.25, 0.3) is 0 Å². The van der Waals surface area contributed by atoms with Gasteiger partial charge in [-0.25, -0.2) is 8.51 Å². The molecule has 7 heteroatoms. The lowest BCUT2D eigenvalue weighted by Gasteiger charge is -2.12. The maximum Gasteiger partial charge on any atom is 0.272 e. The van der Waals surface area contributed by atoms with Gasteiger partial charge >= 0.3 is 0 Å². The molecular weight excluding hydrogens is 261 g/mol. The molecule has 1 atom stereocenters. The Kier molecular flexibility index (Phi) is 2.97. The van der Waals surface area contributed by atoms with Crippen molar-refractivity contribution in [3.63, 3.8) is 0 Å². The Labute approximate surface area is 98.5 Å². The van der Waals surface area contributed by atoms with Crippen molar-refractivity contribution in [2.24, 2.45) is 0 Å². The number of rotatable bonds is 1. The van der Waals surface area contributed by atoms with Crippen LogP contribution in [0.1, 0.15) is 0 Å². The monoisotopic (exact) mass is 265 g/mol. The fourth-order valence-electron chi connectivity index (χ4n) is 1.18. The standard InChI is InChI=1S/C8H5Cl2NO3S/c9-5-1-6(10)3-7(2-5)11-8(12)4-14-15(11)13/h1-3H,4H2. The Morgan fingerprint density at radius 2 is 1.87 bits per heavy atom. The normalized spacial score (nSPS) is 21.1. The molecule has 0 spiro atoms. The first-order valence-electron chi connectivity index (χ1n) is 3.92. The van der Waals surface area contributed by atoms with Crippen molar-refractivity contribution in [1.82, 2.24) is 0 Å². The van der Waals surface area contributed by atoms with Gasteiger partial charge in [0.1, 0.15) is 6.61 Å². The number of hydrogen-bond acceptors (Lipinski definition) is 3. The molecular formula is C8H5Cl2NO3S. The second-order valence-electron chi connectivity index (χ2n) is 2.80. The number of halogens is 2. The topological polar surface area (TPSA) is 46.6 Å². The minimum atomic E-state index is -1.79. The molecule has 0 bridgehead atoms. The Balaban J connectivity index is 2.44. The van der Waals surface area contributed by atoms with Crippen molar-refractivity contribution < 1.29 is 13.2 Å². The van der Waals surface area contributed by atoms with Gasteiger partial charge in [-0.3, -0.25) is 8.98 Å². The number of benzene rings is 1. The molecule has 1 aromatic rings. The van der Waals surface area contributed by atoms with Gasteiger partial charge in [0.25, 0.3) is 17.2 Å². The summed E-state index contributed by atoms with van der Waals surface area (Å²) in [6.07, 6.45) is 0. The van der Waals surface area contributed by atoms with Crippen LogP contribution in [0.4, 0.5) is 5.69 Å². The first kappa shape index (κ1) is 10.9. The summed E-state index contributed by atoms with van der Waals surface area (Å²) in [6, 6.07) is 4.52. The molecule has 1 aliphatic heterocycles. The van der Waals surface area contributed by atoms with Gasteiger partial charge in [-0.2, -0.15) is 0 Å². The molecule has 1 aromatic carbocycles. The second kappa shape index (κ2) is 4.09. The largest absolute Gasteiger partial charge is 0.272 e. The van der Waals surface area contributed by atoms with E-state index < -0.39 is 11.3 Å². The number of nitrogens with zero attached hydrogens (tertiary/aromatic N) is 1. The van der Waals surface area contributed by atoms with Crippen LogP contribution < -0.4 is 4.31 Å². The number of carbonyl (C=O) groups excluding carboxylic acids is 1. The minimum Gasteiger partial charge on any atom is -0.271 e. The highest BCUT2D eigenvalue weighted by Crippen LogP contribution is 2.28. The van der Waals surface area contributed by atoms with Crippen LogP contribution in [0.3, 0.4) is 0 Å². The van der Waals surface area contributed by atoms with Crippen molar-refractivity contribution in [3.8, 4) is 0 Å². The summed E-state index contributed by atoms with van der Waals surface area (Å²) in [7, 11) is 0. The summed E-state index contributed by atoms with van der Waals surface area (Å²) >= 11 is 9.73.